The number of fused-ring (bicyclic) bond motifs is 2. The number of nitrogens with two attached hydrogens (primary N) is 1. The molecule has 0 atom stereocenters. The number of esters is 1. The number of likely N-dealkylation sites (N-methyl/N-ethyl adjacent to an activating group) is 2. The molecule has 0 aliphatic carbocycles. The summed E-state index contributed by atoms with van der Waals surface area (Å²) in [4.78, 5) is 57.6. The van der Waals surface area contributed by atoms with Gasteiger partial charge in [0.05, 0.1) is 31.1 Å². The third kappa shape index (κ3) is 7.37. The molecule has 2 aromatic heterocycles. The molecule has 0 spiro atoms. The number of amides is 3. The van der Waals surface area contributed by atoms with Crippen LogP contribution < -0.4 is 5.73 Å². The lowest BCUT2D eigenvalue weighted by molar-refractivity contribution is -0.160. The molecule has 0 bridgehead atoms. The number of hydrogen-bond donors (Lipinski definition) is 1. The quantitative estimate of drug-likeness (QED) is 0.279. The van der Waals surface area contributed by atoms with Gasteiger partial charge in [0.15, 0.2) is 0 Å². The first-order chi connectivity index (χ1) is 19.3. The van der Waals surface area contributed by atoms with Gasteiger partial charge in [0.2, 0.25) is 0 Å². The number of carbonyl (C=O) groups excluding carboxylic acids is 4. The molecule has 3 amide bonds. The summed E-state index contributed by atoms with van der Waals surface area (Å²) in [6, 6.07) is 19.4. The van der Waals surface area contributed by atoms with E-state index in [0.717, 1.165) is 32.9 Å². The molecule has 0 aliphatic rings. The molecule has 208 valence electrons. The number of pyridine rings is 2. The van der Waals surface area contributed by atoms with Crippen LogP contribution in [-0.2, 0) is 37.0 Å². The third-order valence-electron chi connectivity index (χ3n) is 6.19. The predicted octanol–water partition coefficient (Wildman–Crippen LogP) is 3.22. The van der Waals surface area contributed by atoms with Crippen molar-refractivity contribution in [2.45, 2.75) is 33.9 Å². The summed E-state index contributed by atoms with van der Waals surface area (Å²) < 4.78 is 4.76. The Labute approximate surface area is 232 Å². The summed E-state index contributed by atoms with van der Waals surface area (Å²) in [7, 11) is 0. The summed E-state index contributed by atoms with van der Waals surface area (Å²) in [5, 5.41) is 4.06. The molecule has 40 heavy (non-hydrogen) atoms. The number of aromatic nitrogens is 2. The van der Waals surface area contributed by atoms with Gasteiger partial charge in [-0.3, -0.25) is 24.4 Å². The van der Waals surface area contributed by atoms with Gasteiger partial charge in [-0.2, -0.15) is 0 Å². The van der Waals surface area contributed by atoms with Gasteiger partial charge in [-0.15, -0.1) is 0 Å². The van der Waals surface area contributed by atoms with E-state index < -0.39 is 23.7 Å². The second-order valence-corrected chi connectivity index (χ2v) is 8.68. The fraction of sp³-hybridized carbons (Fsp3) is 0.267. The SMILES string of the molecule is CCN(Cc1nccc2ccccc12)C(=O)C(N)=O.CCOC(=O)C(=O)N(CC)Cc1nccc2ccccc12. The van der Waals surface area contributed by atoms with Crippen LogP contribution in [0.15, 0.2) is 73.1 Å². The minimum Gasteiger partial charge on any atom is -0.459 e. The maximum absolute atomic E-state index is 12.0. The Kier molecular flexibility index (Phi) is 10.6. The van der Waals surface area contributed by atoms with E-state index in [1.165, 1.54) is 9.80 Å². The number of nitrogens with zero attached hydrogens (tertiary/aromatic N) is 4. The average molecular weight is 544 g/mol. The number of benzene rings is 2. The van der Waals surface area contributed by atoms with E-state index in [1.807, 2.05) is 67.6 Å². The Hall–Kier alpha value is -4.86. The molecule has 10 nitrogen and oxygen atoms in total. The van der Waals surface area contributed by atoms with Crippen molar-refractivity contribution in [3.8, 4) is 0 Å². The van der Waals surface area contributed by atoms with Crippen molar-refractivity contribution in [1.29, 1.82) is 0 Å². The Balaban J connectivity index is 0.000000222. The van der Waals surface area contributed by atoms with Gasteiger partial charge < -0.3 is 20.3 Å². The highest BCUT2D eigenvalue weighted by Crippen LogP contribution is 2.19. The Morgan fingerprint density at radius 1 is 0.700 bits per heavy atom. The third-order valence-corrected chi connectivity index (χ3v) is 6.19. The monoisotopic (exact) mass is 543 g/mol. The van der Waals surface area contributed by atoms with Gasteiger partial charge in [0.1, 0.15) is 0 Å². The predicted molar refractivity (Wildman–Crippen MR) is 151 cm³/mol. The topological polar surface area (TPSA) is 136 Å². The van der Waals surface area contributed by atoms with E-state index in [-0.39, 0.29) is 19.7 Å². The molecular weight excluding hydrogens is 510 g/mol. The van der Waals surface area contributed by atoms with E-state index in [0.29, 0.717) is 13.1 Å². The zero-order valence-corrected chi connectivity index (χ0v) is 22.9. The van der Waals surface area contributed by atoms with Gasteiger partial charge in [-0.25, -0.2) is 4.79 Å². The van der Waals surface area contributed by atoms with Gasteiger partial charge in [-0.1, -0.05) is 48.5 Å². The van der Waals surface area contributed by atoms with Crippen molar-refractivity contribution in [1.82, 2.24) is 19.8 Å². The minimum atomic E-state index is -0.943. The van der Waals surface area contributed by atoms with Crippen LogP contribution in [0.4, 0.5) is 0 Å². The lowest BCUT2D eigenvalue weighted by atomic mass is 10.1. The number of primary amides is 1. The van der Waals surface area contributed by atoms with Crippen LogP contribution in [0.25, 0.3) is 21.5 Å². The first kappa shape index (κ1) is 29.7. The van der Waals surface area contributed by atoms with Crippen LogP contribution in [0, 0.1) is 0 Å². The number of carbonyl (C=O) groups is 4. The van der Waals surface area contributed by atoms with Crippen LogP contribution in [0.3, 0.4) is 0 Å². The van der Waals surface area contributed by atoms with Crippen LogP contribution in [0.2, 0.25) is 0 Å². The van der Waals surface area contributed by atoms with E-state index in [1.54, 1.807) is 26.2 Å². The first-order valence-electron chi connectivity index (χ1n) is 13.0. The van der Waals surface area contributed by atoms with Gasteiger partial charge in [0.25, 0.3) is 0 Å². The molecule has 0 radical (unpaired) electrons. The minimum absolute atomic E-state index is 0.189. The normalized spacial score (nSPS) is 10.4. The van der Waals surface area contributed by atoms with Crippen molar-refractivity contribution < 1.29 is 23.9 Å². The highest BCUT2D eigenvalue weighted by molar-refractivity contribution is 6.34. The van der Waals surface area contributed by atoms with E-state index in [2.05, 4.69) is 9.97 Å². The fourth-order valence-electron chi connectivity index (χ4n) is 4.11. The number of hydrogen-bond acceptors (Lipinski definition) is 7. The number of rotatable bonds is 7. The smallest absolute Gasteiger partial charge is 0.397 e. The second-order valence-electron chi connectivity index (χ2n) is 8.68. The molecule has 2 N–H and O–H groups in total. The van der Waals surface area contributed by atoms with Crippen LogP contribution in [0.5, 0.6) is 0 Å². The van der Waals surface area contributed by atoms with Crippen molar-refractivity contribution in [3.63, 3.8) is 0 Å². The van der Waals surface area contributed by atoms with Gasteiger partial charge >= 0.3 is 23.7 Å². The standard InChI is InChI=1S/C16H18N2O3.C14H15N3O2/c1-3-18(15(19)16(20)21-4-2)11-14-13-8-6-5-7-12(13)9-10-17-14;1-2-17(14(19)13(15)18)9-12-11-6-4-3-5-10(11)7-8-16-12/h5-10H,3-4,11H2,1-2H3;3-8H,2,9H2,1H3,(H2,15,18). The summed E-state index contributed by atoms with van der Waals surface area (Å²) in [6.07, 6.45) is 3.40. The molecule has 2 aromatic carbocycles. The Morgan fingerprint density at radius 2 is 1.15 bits per heavy atom. The highest BCUT2D eigenvalue weighted by Gasteiger charge is 2.23. The first-order valence-corrected chi connectivity index (χ1v) is 13.0. The summed E-state index contributed by atoms with van der Waals surface area (Å²) in [5.74, 6) is -3.08. The molecule has 2 heterocycles. The van der Waals surface area contributed by atoms with Gasteiger partial charge in [0, 0.05) is 36.3 Å². The van der Waals surface area contributed by atoms with Crippen molar-refractivity contribution in [2.24, 2.45) is 5.73 Å². The summed E-state index contributed by atoms with van der Waals surface area (Å²) >= 11 is 0. The lowest BCUT2D eigenvalue weighted by Crippen LogP contribution is -2.39. The zero-order chi connectivity index (χ0) is 29.1. The maximum Gasteiger partial charge on any atom is 0.397 e. The Bertz CT molecular complexity index is 1500. The van der Waals surface area contributed by atoms with Crippen LogP contribution in [0.1, 0.15) is 32.2 Å². The van der Waals surface area contributed by atoms with Gasteiger partial charge in [-0.05, 0) is 43.7 Å². The Morgan fingerprint density at radius 3 is 1.57 bits per heavy atom. The maximum atomic E-state index is 12.0. The molecule has 0 aliphatic heterocycles. The van der Waals surface area contributed by atoms with Crippen LogP contribution in [-0.4, -0.2) is 63.2 Å². The fourth-order valence-corrected chi connectivity index (χ4v) is 4.11. The van der Waals surface area contributed by atoms with E-state index in [9.17, 15) is 19.2 Å². The summed E-state index contributed by atoms with van der Waals surface area (Å²) in [5.41, 5.74) is 6.56. The molecule has 4 rings (SSSR count). The zero-order valence-electron chi connectivity index (χ0n) is 22.9. The highest BCUT2D eigenvalue weighted by atomic mass is 16.5. The number of ether oxygens (including phenoxy) is 1. The lowest BCUT2D eigenvalue weighted by Gasteiger charge is -2.20. The molecule has 4 aromatic rings. The second kappa shape index (κ2) is 14.3. The summed E-state index contributed by atoms with van der Waals surface area (Å²) in [6.45, 7) is 6.88. The van der Waals surface area contributed by atoms with Crippen molar-refractivity contribution in [3.05, 3.63) is 84.4 Å². The van der Waals surface area contributed by atoms with Crippen LogP contribution >= 0.6 is 0 Å². The average Bonchev–Trinajstić information content (AvgIpc) is 2.98. The molecule has 0 saturated heterocycles. The van der Waals surface area contributed by atoms with Crippen molar-refractivity contribution >= 4 is 45.2 Å². The molecule has 0 unspecified atom stereocenters. The molecule has 10 heteroatoms. The van der Waals surface area contributed by atoms with E-state index in [4.69, 9.17) is 10.5 Å². The largest absolute Gasteiger partial charge is 0.459 e. The molecule has 0 saturated carbocycles. The molecule has 0 fully saturated rings. The molecular formula is C30H33N5O5. The van der Waals surface area contributed by atoms with E-state index >= 15 is 0 Å². The van der Waals surface area contributed by atoms with Crippen molar-refractivity contribution in [2.75, 3.05) is 19.7 Å².